The average molecular weight is 495 g/mol. The van der Waals surface area contributed by atoms with E-state index >= 15 is 0 Å². The van der Waals surface area contributed by atoms with E-state index in [0.29, 0.717) is 29.1 Å². The van der Waals surface area contributed by atoms with Crippen LogP contribution in [0.2, 0.25) is 10.0 Å². The third kappa shape index (κ3) is 7.16. The first kappa shape index (κ1) is 25.5. The third-order valence-electron chi connectivity index (χ3n) is 5.78. The number of aromatic hydroxyl groups is 2. The van der Waals surface area contributed by atoms with Gasteiger partial charge in [-0.3, -0.25) is 0 Å². The number of hydrogen-bond donors (Lipinski definition) is 3. The van der Waals surface area contributed by atoms with Crippen molar-refractivity contribution in [1.82, 2.24) is 10.2 Å². The number of carbonyl (C=O) groups is 1. The number of amides is 1. The van der Waals surface area contributed by atoms with Gasteiger partial charge in [-0.05, 0) is 81.5 Å². The van der Waals surface area contributed by atoms with Crippen molar-refractivity contribution in [3.63, 3.8) is 0 Å². The maximum absolute atomic E-state index is 12.0. The van der Waals surface area contributed by atoms with E-state index in [4.69, 9.17) is 27.9 Å². The second-order valence-electron chi connectivity index (χ2n) is 9.52. The summed E-state index contributed by atoms with van der Waals surface area (Å²) >= 11 is 11.5. The van der Waals surface area contributed by atoms with E-state index < -0.39 is 5.60 Å². The Kier molecular flexibility index (Phi) is 8.38. The van der Waals surface area contributed by atoms with Crippen LogP contribution in [-0.4, -0.2) is 53.0 Å². The molecule has 2 heterocycles. The maximum atomic E-state index is 12.0. The number of ether oxygens (including phenoxy) is 1. The van der Waals surface area contributed by atoms with E-state index in [-0.39, 0.29) is 23.5 Å². The Morgan fingerprint density at radius 3 is 2.06 bits per heavy atom. The summed E-state index contributed by atoms with van der Waals surface area (Å²) in [6, 6.07) is 10.8. The quantitative estimate of drug-likeness (QED) is 0.484. The molecule has 2 unspecified atom stereocenters. The summed E-state index contributed by atoms with van der Waals surface area (Å²) in [5, 5.41) is 23.1. The molecule has 1 amide bonds. The van der Waals surface area contributed by atoms with Crippen LogP contribution in [0.1, 0.15) is 56.6 Å². The Morgan fingerprint density at radius 2 is 1.58 bits per heavy atom. The highest BCUT2D eigenvalue weighted by atomic mass is 35.5. The predicted molar refractivity (Wildman–Crippen MR) is 132 cm³/mol. The van der Waals surface area contributed by atoms with Crippen LogP contribution in [0.3, 0.4) is 0 Å². The van der Waals surface area contributed by atoms with Crippen molar-refractivity contribution < 1.29 is 19.7 Å². The first-order valence-corrected chi connectivity index (χ1v) is 11.9. The lowest BCUT2D eigenvalue weighted by Gasteiger charge is -2.24. The highest BCUT2D eigenvalue weighted by Crippen LogP contribution is 2.33. The summed E-state index contributed by atoms with van der Waals surface area (Å²) < 4.78 is 5.37. The zero-order valence-electron chi connectivity index (χ0n) is 19.3. The summed E-state index contributed by atoms with van der Waals surface area (Å²) in [5.74, 6) is 1.01. The van der Waals surface area contributed by atoms with Crippen LogP contribution < -0.4 is 5.32 Å². The number of phenolic OH excluding ortho intramolecular Hbond substituents is 2. The largest absolute Gasteiger partial charge is 0.506 e. The molecular formula is C25H32Cl2N2O4. The number of carbonyl (C=O) groups excluding carboxylic acids is 1. The summed E-state index contributed by atoms with van der Waals surface area (Å²) in [4.78, 5) is 13.7. The van der Waals surface area contributed by atoms with Gasteiger partial charge in [0.1, 0.15) is 17.1 Å². The van der Waals surface area contributed by atoms with E-state index in [1.54, 1.807) is 29.2 Å². The minimum absolute atomic E-state index is 0.0832. The maximum Gasteiger partial charge on any atom is 0.410 e. The topological polar surface area (TPSA) is 82.0 Å². The number of rotatable bonds is 2. The van der Waals surface area contributed by atoms with Crippen molar-refractivity contribution in [1.29, 1.82) is 0 Å². The van der Waals surface area contributed by atoms with Gasteiger partial charge in [0.05, 0.1) is 10.0 Å². The lowest BCUT2D eigenvalue weighted by atomic mass is 9.98. The molecule has 0 bridgehead atoms. The molecule has 2 aromatic carbocycles. The van der Waals surface area contributed by atoms with E-state index in [1.807, 2.05) is 32.9 Å². The minimum Gasteiger partial charge on any atom is -0.506 e. The molecule has 2 aromatic rings. The highest BCUT2D eigenvalue weighted by Gasteiger charge is 2.30. The molecule has 180 valence electrons. The zero-order chi connectivity index (χ0) is 24.2. The molecule has 0 aromatic heterocycles. The molecule has 33 heavy (non-hydrogen) atoms. The van der Waals surface area contributed by atoms with Crippen molar-refractivity contribution in [2.75, 3.05) is 26.2 Å². The van der Waals surface area contributed by atoms with Crippen LogP contribution in [0.25, 0.3) is 0 Å². The summed E-state index contributed by atoms with van der Waals surface area (Å²) in [7, 11) is 0. The molecule has 2 fully saturated rings. The number of nitrogens with zero attached hydrogens (tertiary/aromatic N) is 1. The van der Waals surface area contributed by atoms with Gasteiger partial charge in [0.15, 0.2) is 0 Å². The van der Waals surface area contributed by atoms with Gasteiger partial charge in [-0.1, -0.05) is 35.3 Å². The normalized spacial score (nSPS) is 20.3. The molecule has 2 saturated heterocycles. The van der Waals surface area contributed by atoms with Crippen LogP contribution in [0.5, 0.6) is 11.5 Å². The van der Waals surface area contributed by atoms with Crippen LogP contribution in [-0.2, 0) is 4.74 Å². The second kappa shape index (κ2) is 10.9. The minimum atomic E-state index is -0.478. The summed E-state index contributed by atoms with van der Waals surface area (Å²) in [6.07, 6.45) is 1.72. The van der Waals surface area contributed by atoms with E-state index in [0.717, 1.165) is 31.5 Å². The Bertz CT molecular complexity index is 971. The van der Waals surface area contributed by atoms with Gasteiger partial charge in [0.25, 0.3) is 0 Å². The lowest BCUT2D eigenvalue weighted by Crippen LogP contribution is -2.35. The molecule has 0 saturated carbocycles. The Morgan fingerprint density at radius 1 is 1.00 bits per heavy atom. The Balaban J connectivity index is 0.000000203. The van der Waals surface area contributed by atoms with E-state index in [9.17, 15) is 15.0 Å². The standard InChI is InChI=1S/C15H20ClNO3.C10H12ClNO/c1-15(2,3)20-14(19)17-7-6-11(9-17)10-4-5-12(16)13(18)8-10;11-9-2-1-7(5-10(9)13)8-3-4-12-6-8/h4-5,8,11,18H,6-7,9H2,1-3H3;1-2,5,8,12-13H,3-4,6H2. The first-order valence-electron chi connectivity index (χ1n) is 11.2. The molecule has 2 aliphatic rings. The van der Waals surface area contributed by atoms with Crippen molar-refractivity contribution >= 4 is 29.3 Å². The molecule has 6 nitrogen and oxygen atoms in total. The fourth-order valence-electron chi connectivity index (χ4n) is 4.03. The van der Waals surface area contributed by atoms with E-state index in [2.05, 4.69) is 5.32 Å². The molecule has 0 radical (unpaired) electrons. The second-order valence-corrected chi connectivity index (χ2v) is 10.3. The molecule has 3 N–H and O–H groups in total. The van der Waals surface area contributed by atoms with Crippen molar-refractivity contribution in [3.8, 4) is 11.5 Å². The fourth-order valence-corrected chi connectivity index (χ4v) is 4.27. The van der Waals surface area contributed by atoms with Crippen LogP contribution in [0, 0.1) is 0 Å². The van der Waals surface area contributed by atoms with Gasteiger partial charge in [-0.2, -0.15) is 0 Å². The number of nitrogens with one attached hydrogen (secondary N) is 1. The molecule has 0 aliphatic carbocycles. The molecule has 2 atom stereocenters. The SMILES string of the molecule is CC(C)(C)OC(=O)N1CCC(c2ccc(Cl)c(O)c2)C1.Oc1cc(C2CCNC2)ccc1Cl. The van der Waals surface area contributed by atoms with Gasteiger partial charge < -0.3 is 25.2 Å². The fraction of sp³-hybridized carbons (Fsp3) is 0.480. The van der Waals surface area contributed by atoms with Crippen LogP contribution >= 0.6 is 23.2 Å². The molecular weight excluding hydrogens is 463 g/mol. The smallest absolute Gasteiger partial charge is 0.410 e. The zero-order valence-corrected chi connectivity index (χ0v) is 20.8. The summed E-state index contributed by atoms with van der Waals surface area (Å²) in [5.41, 5.74) is 1.69. The number of benzene rings is 2. The molecule has 0 spiro atoms. The van der Waals surface area contributed by atoms with Crippen molar-refractivity contribution in [2.45, 2.75) is 51.0 Å². The van der Waals surface area contributed by atoms with Crippen molar-refractivity contribution in [3.05, 3.63) is 57.6 Å². The number of hydrogen-bond acceptors (Lipinski definition) is 5. The number of likely N-dealkylation sites (tertiary alicyclic amines) is 1. The van der Waals surface area contributed by atoms with Crippen LogP contribution in [0.4, 0.5) is 4.79 Å². The Labute approximate surface area is 205 Å². The van der Waals surface area contributed by atoms with Gasteiger partial charge >= 0.3 is 6.09 Å². The van der Waals surface area contributed by atoms with E-state index in [1.165, 1.54) is 5.56 Å². The average Bonchev–Trinajstić information content (AvgIpc) is 3.44. The number of halogens is 2. The van der Waals surface area contributed by atoms with Gasteiger partial charge in [0.2, 0.25) is 0 Å². The van der Waals surface area contributed by atoms with Gasteiger partial charge in [-0.25, -0.2) is 4.79 Å². The first-order chi connectivity index (χ1) is 15.5. The van der Waals surface area contributed by atoms with Gasteiger partial charge in [0, 0.05) is 25.6 Å². The predicted octanol–water partition coefficient (Wildman–Crippen LogP) is 5.89. The molecule has 8 heteroatoms. The monoisotopic (exact) mass is 494 g/mol. The Hall–Kier alpha value is -2.15. The molecule has 4 rings (SSSR count). The van der Waals surface area contributed by atoms with Crippen LogP contribution in [0.15, 0.2) is 36.4 Å². The highest BCUT2D eigenvalue weighted by molar-refractivity contribution is 6.32. The number of phenols is 2. The van der Waals surface area contributed by atoms with Gasteiger partial charge in [-0.15, -0.1) is 0 Å². The summed E-state index contributed by atoms with van der Waals surface area (Å²) in [6.45, 7) is 8.91. The lowest BCUT2D eigenvalue weighted by molar-refractivity contribution is 0.0292. The van der Waals surface area contributed by atoms with Crippen molar-refractivity contribution in [2.24, 2.45) is 0 Å². The molecule has 2 aliphatic heterocycles. The third-order valence-corrected chi connectivity index (χ3v) is 6.42.